The first kappa shape index (κ1) is 18.0. The lowest BCUT2D eigenvalue weighted by atomic mass is 10.1. The highest BCUT2D eigenvalue weighted by Crippen LogP contribution is 2.08. The summed E-state index contributed by atoms with van der Waals surface area (Å²) < 4.78 is 4.57. The van der Waals surface area contributed by atoms with Crippen molar-refractivity contribution in [1.82, 2.24) is 0 Å². The Hall–Kier alpha value is -2.09. The molecule has 0 bridgehead atoms. The van der Waals surface area contributed by atoms with Crippen LogP contribution in [0.15, 0.2) is 48.5 Å². The minimum absolute atomic E-state index is 0.127. The molecule has 0 aromatic heterocycles. The van der Waals surface area contributed by atoms with Gasteiger partial charge in [-0.2, -0.15) is 0 Å². The van der Waals surface area contributed by atoms with E-state index in [0.717, 1.165) is 12.8 Å². The number of aryl methyl sites for hydroxylation is 4. The Bertz CT molecular complexity index is 571. The van der Waals surface area contributed by atoms with Gasteiger partial charge >= 0.3 is 5.97 Å². The fourth-order valence-electron chi connectivity index (χ4n) is 2.21. The van der Waals surface area contributed by atoms with Gasteiger partial charge in [0.2, 0.25) is 0 Å². The molecule has 0 spiro atoms. The van der Waals surface area contributed by atoms with Crippen LogP contribution in [0.1, 0.15) is 35.1 Å². The van der Waals surface area contributed by atoms with Crippen LogP contribution in [-0.2, 0) is 16.0 Å². The topological polar surface area (TPSA) is 26.3 Å². The molecular formula is C20H26O2. The van der Waals surface area contributed by atoms with Gasteiger partial charge < -0.3 is 4.74 Å². The molecule has 2 rings (SSSR count). The van der Waals surface area contributed by atoms with Crippen molar-refractivity contribution in [3.05, 3.63) is 70.8 Å². The van der Waals surface area contributed by atoms with Gasteiger partial charge in [-0.25, -0.2) is 0 Å². The van der Waals surface area contributed by atoms with Crippen LogP contribution in [-0.4, -0.2) is 13.1 Å². The molecule has 0 fully saturated rings. The Labute approximate surface area is 134 Å². The van der Waals surface area contributed by atoms with E-state index in [1.807, 2.05) is 6.07 Å². The van der Waals surface area contributed by atoms with E-state index in [-0.39, 0.29) is 5.97 Å². The molecule has 0 N–H and O–H groups in total. The molecule has 0 atom stereocenters. The average molecular weight is 298 g/mol. The number of rotatable bonds is 4. The maximum Gasteiger partial charge on any atom is 0.305 e. The Morgan fingerprint density at radius 1 is 0.909 bits per heavy atom. The number of hydrogen-bond acceptors (Lipinski definition) is 2. The van der Waals surface area contributed by atoms with E-state index in [1.54, 1.807) is 0 Å². The first-order valence-electron chi connectivity index (χ1n) is 7.67. The number of benzene rings is 2. The van der Waals surface area contributed by atoms with Crippen LogP contribution < -0.4 is 0 Å². The second-order valence-electron chi connectivity index (χ2n) is 5.58. The summed E-state index contributed by atoms with van der Waals surface area (Å²) in [5, 5.41) is 0. The van der Waals surface area contributed by atoms with Crippen LogP contribution >= 0.6 is 0 Å². The summed E-state index contributed by atoms with van der Waals surface area (Å²) in [4.78, 5) is 10.8. The largest absolute Gasteiger partial charge is 0.469 e. The fourth-order valence-corrected chi connectivity index (χ4v) is 2.21. The van der Waals surface area contributed by atoms with E-state index in [9.17, 15) is 4.79 Å². The third-order valence-corrected chi connectivity index (χ3v) is 3.33. The number of hydrogen-bond donors (Lipinski definition) is 0. The second-order valence-corrected chi connectivity index (χ2v) is 5.58. The fraction of sp³-hybridized carbons (Fsp3) is 0.350. The Balaban J connectivity index is 0.000000255. The van der Waals surface area contributed by atoms with Crippen molar-refractivity contribution in [3.63, 3.8) is 0 Å². The van der Waals surface area contributed by atoms with Gasteiger partial charge in [-0.1, -0.05) is 65.2 Å². The Kier molecular flexibility index (Phi) is 7.98. The molecule has 0 aliphatic carbocycles. The molecule has 0 radical (unpaired) electrons. The van der Waals surface area contributed by atoms with Crippen LogP contribution in [0.4, 0.5) is 0 Å². The third-order valence-electron chi connectivity index (χ3n) is 3.33. The first-order valence-corrected chi connectivity index (χ1v) is 7.67. The summed E-state index contributed by atoms with van der Waals surface area (Å²) >= 11 is 0. The number of ether oxygens (including phenoxy) is 1. The summed E-state index contributed by atoms with van der Waals surface area (Å²) in [5.74, 6) is -0.127. The van der Waals surface area contributed by atoms with E-state index >= 15 is 0 Å². The number of carbonyl (C=O) groups excluding carboxylic acids is 1. The van der Waals surface area contributed by atoms with Crippen molar-refractivity contribution in [2.24, 2.45) is 0 Å². The lowest BCUT2D eigenvalue weighted by molar-refractivity contribution is -0.140. The van der Waals surface area contributed by atoms with Crippen LogP contribution in [0.5, 0.6) is 0 Å². The summed E-state index contributed by atoms with van der Waals surface area (Å²) in [5.41, 5.74) is 5.23. The van der Waals surface area contributed by atoms with E-state index < -0.39 is 0 Å². The van der Waals surface area contributed by atoms with E-state index in [2.05, 4.69) is 68.0 Å². The van der Waals surface area contributed by atoms with Crippen LogP contribution in [0.2, 0.25) is 0 Å². The molecule has 2 nitrogen and oxygen atoms in total. The zero-order chi connectivity index (χ0) is 16.4. The second kappa shape index (κ2) is 9.78. The maximum atomic E-state index is 10.8. The molecule has 0 unspecified atom stereocenters. The van der Waals surface area contributed by atoms with Crippen molar-refractivity contribution in [1.29, 1.82) is 0 Å². The van der Waals surface area contributed by atoms with Crippen molar-refractivity contribution >= 4 is 5.97 Å². The normalized spacial score (nSPS) is 9.64. The van der Waals surface area contributed by atoms with Gasteiger partial charge in [-0.3, -0.25) is 4.79 Å². The molecule has 118 valence electrons. The summed E-state index contributed by atoms with van der Waals surface area (Å²) in [6.45, 7) is 6.28. The molecule has 0 aliphatic heterocycles. The summed E-state index contributed by atoms with van der Waals surface area (Å²) in [6.07, 6.45) is 2.30. The highest BCUT2D eigenvalue weighted by atomic mass is 16.5. The SMILES string of the molecule is COC(=O)CCCc1cccc(C)c1.Cc1cccc(C)c1. The van der Waals surface area contributed by atoms with Crippen molar-refractivity contribution < 1.29 is 9.53 Å². The van der Waals surface area contributed by atoms with Gasteiger partial charge in [0.05, 0.1) is 7.11 Å². The molecule has 0 saturated carbocycles. The molecule has 2 aromatic rings. The zero-order valence-electron chi connectivity index (χ0n) is 14.1. The van der Waals surface area contributed by atoms with Gasteiger partial charge in [-0.15, -0.1) is 0 Å². The average Bonchev–Trinajstić information content (AvgIpc) is 2.47. The smallest absolute Gasteiger partial charge is 0.305 e. The predicted octanol–water partition coefficient (Wildman–Crippen LogP) is 4.79. The van der Waals surface area contributed by atoms with Crippen molar-refractivity contribution in [2.75, 3.05) is 7.11 Å². The third kappa shape index (κ3) is 7.63. The molecule has 22 heavy (non-hydrogen) atoms. The molecule has 0 aliphatic rings. The quantitative estimate of drug-likeness (QED) is 0.758. The molecule has 0 heterocycles. The van der Waals surface area contributed by atoms with Crippen molar-refractivity contribution in [3.8, 4) is 0 Å². The highest BCUT2D eigenvalue weighted by Gasteiger charge is 2.00. The highest BCUT2D eigenvalue weighted by molar-refractivity contribution is 5.69. The number of carbonyl (C=O) groups is 1. The standard InChI is InChI=1S/C12H16O2.C8H10/c1-10-5-3-6-11(9-10)7-4-8-12(13)14-2;1-7-4-3-5-8(2)6-7/h3,5-6,9H,4,7-8H2,1-2H3;3-6H,1-2H3. The minimum Gasteiger partial charge on any atom is -0.469 e. The van der Waals surface area contributed by atoms with E-state index in [1.165, 1.54) is 29.4 Å². The van der Waals surface area contributed by atoms with E-state index in [0.29, 0.717) is 6.42 Å². The molecule has 0 saturated heterocycles. The van der Waals surface area contributed by atoms with Gasteiger partial charge in [0.1, 0.15) is 0 Å². The van der Waals surface area contributed by atoms with Crippen molar-refractivity contribution in [2.45, 2.75) is 40.0 Å². The summed E-state index contributed by atoms with van der Waals surface area (Å²) in [7, 11) is 1.43. The molecule has 0 amide bonds. The van der Waals surface area contributed by atoms with E-state index in [4.69, 9.17) is 0 Å². The van der Waals surface area contributed by atoms with Crippen LogP contribution in [0.25, 0.3) is 0 Å². The number of methoxy groups -OCH3 is 1. The van der Waals surface area contributed by atoms with Crippen LogP contribution in [0, 0.1) is 20.8 Å². The summed E-state index contributed by atoms with van der Waals surface area (Å²) in [6, 6.07) is 16.8. The zero-order valence-corrected chi connectivity index (χ0v) is 14.1. The Morgan fingerprint density at radius 2 is 1.45 bits per heavy atom. The number of esters is 1. The van der Waals surface area contributed by atoms with Crippen LogP contribution in [0.3, 0.4) is 0 Å². The Morgan fingerprint density at radius 3 is 1.91 bits per heavy atom. The van der Waals surface area contributed by atoms with Gasteiger partial charge in [0, 0.05) is 6.42 Å². The first-order chi connectivity index (χ1) is 10.5. The maximum absolute atomic E-state index is 10.8. The minimum atomic E-state index is -0.127. The van der Waals surface area contributed by atoms with Gasteiger partial charge in [0.15, 0.2) is 0 Å². The predicted molar refractivity (Wildman–Crippen MR) is 92.0 cm³/mol. The molecule has 2 aromatic carbocycles. The molecular weight excluding hydrogens is 272 g/mol. The van der Waals surface area contributed by atoms with Gasteiger partial charge in [0.25, 0.3) is 0 Å². The monoisotopic (exact) mass is 298 g/mol. The lowest BCUT2D eigenvalue weighted by Gasteiger charge is -2.01. The lowest BCUT2D eigenvalue weighted by Crippen LogP contribution is -2.00. The van der Waals surface area contributed by atoms with Gasteiger partial charge in [-0.05, 0) is 39.2 Å². The molecule has 2 heteroatoms.